The Morgan fingerprint density at radius 1 is 1.10 bits per heavy atom. The molecule has 0 radical (unpaired) electrons. The summed E-state index contributed by atoms with van der Waals surface area (Å²) < 4.78 is 5.71. The summed E-state index contributed by atoms with van der Waals surface area (Å²) in [5, 5.41) is 6.97. The topological polar surface area (TPSA) is 56.0 Å². The van der Waals surface area contributed by atoms with Gasteiger partial charge in [0, 0.05) is 32.7 Å². The molecule has 2 unspecified atom stereocenters. The van der Waals surface area contributed by atoms with E-state index in [2.05, 4.69) is 75.8 Å². The first kappa shape index (κ1) is 24.7. The van der Waals surface area contributed by atoms with E-state index in [1.165, 1.54) is 18.4 Å². The number of guanidine groups is 1. The number of hydrogen-bond donors (Lipinski definition) is 2. The molecule has 1 aliphatic heterocycles. The summed E-state index contributed by atoms with van der Waals surface area (Å²) in [6.45, 7) is 7.03. The minimum Gasteiger partial charge on any atom is -0.468 e. The van der Waals surface area contributed by atoms with Gasteiger partial charge in [0.25, 0.3) is 0 Å². The van der Waals surface area contributed by atoms with E-state index in [0.717, 1.165) is 44.4 Å². The second-order valence-corrected chi connectivity index (χ2v) is 7.86. The molecular formula is C23H36IN5O. The number of furan rings is 1. The minimum atomic E-state index is 0. The maximum absolute atomic E-state index is 5.71. The Kier molecular flexibility index (Phi) is 10.7. The quantitative estimate of drug-likeness (QED) is 0.297. The van der Waals surface area contributed by atoms with Crippen LogP contribution < -0.4 is 10.6 Å². The average Bonchev–Trinajstić information content (AvgIpc) is 3.46. The van der Waals surface area contributed by atoms with Crippen LogP contribution in [0.25, 0.3) is 0 Å². The molecule has 2 N–H and O–H groups in total. The minimum absolute atomic E-state index is 0. The Morgan fingerprint density at radius 3 is 2.43 bits per heavy atom. The molecule has 6 nitrogen and oxygen atoms in total. The maximum Gasteiger partial charge on any atom is 0.191 e. The number of rotatable bonds is 9. The Hall–Kier alpha value is -1.58. The van der Waals surface area contributed by atoms with Crippen molar-refractivity contribution in [1.29, 1.82) is 0 Å². The molecule has 3 rings (SSSR count). The lowest BCUT2D eigenvalue weighted by molar-refractivity contribution is 0.215. The lowest BCUT2D eigenvalue weighted by Crippen LogP contribution is -2.46. The molecule has 0 saturated carbocycles. The van der Waals surface area contributed by atoms with Crippen molar-refractivity contribution in [1.82, 2.24) is 20.4 Å². The van der Waals surface area contributed by atoms with Crippen LogP contribution in [0.4, 0.5) is 0 Å². The van der Waals surface area contributed by atoms with Crippen LogP contribution in [0.3, 0.4) is 0 Å². The first-order chi connectivity index (χ1) is 14.2. The summed E-state index contributed by atoms with van der Waals surface area (Å²) in [5.41, 5.74) is 1.33. The second-order valence-electron chi connectivity index (χ2n) is 7.86. The highest BCUT2D eigenvalue weighted by molar-refractivity contribution is 14.0. The number of likely N-dealkylation sites (N-methyl/N-ethyl adjacent to an activating group) is 1. The van der Waals surface area contributed by atoms with Crippen molar-refractivity contribution in [2.45, 2.75) is 38.4 Å². The normalized spacial score (nSPS) is 16.9. The molecule has 0 bridgehead atoms. The molecule has 1 aromatic heterocycles. The SMILES string of the molecule is CN=C(NCC(C)N(C)Cc1ccccc1)NCC(c1ccco1)N1CCCC1.I. The van der Waals surface area contributed by atoms with E-state index in [4.69, 9.17) is 4.42 Å². The predicted molar refractivity (Wildman–Crippen MR) is 134 cm³/mol. The van der Waals surface area contributed by atoms with Gasteiger partial charge in [-0.15, -0.1) is 24.0 Å². The summed E-state index contributed by atoms with van der Waals surface area (Å²) in [7, 11) is 3.99. The first-order valence-corrected chi connectivity index (χ1v) is 10.6. The second kappa shape index (κ2) is 13.0. The van der Waals surface area contributed by atoms with E-state index in [1.54, 1.807) is 6.26 Å². The van der Waals surface area contributed by atoms with E-state index in [9.17, 15) is 0 Å². The van der Waals surface area contributed by atoms with Gasteiger partial charge >= 0.3 is 0 Å². The van der Waals surface area contributed by atoms with Gasteiger partial charge in [0.15, 0.2) is 5.96 Å². The third-order valence-electron chi connectivity index (χ3n) is 5.73. The van der Waals surface area contributed by atoms with E-state index >= 15 is 0 Å². The Morgan fingerprint density at radius 2 is 1.80 bits per heavy atom. The van der Waals surface area contributed by atoms with Crippen LogP contribution in [0.15, 0.2) is 58.1 Å². The van der Waals surface area contributed by atoms with Crippen LogP contribution in [-0.2, 0) is 6.54 Å². The summed E-state index contributed by atoms with van der Waals surface area (Å²) >= 11 is 0. The van der Waals surface area contributed by atoms with Crippen molar-refractivity contribution < 1.29 is 4.42 Å². The van der Waals surface area contributed by atoms with Gasteiger partial charge in [0.1, 0.15) is 5.76 Å². The number of hydrogen-bond acceptors (Lipinski definition) is 4. The standard InChI is InChI=1S/C23H35N5O.HI/c1-19(27(3)18-20-10-5-4-6-11-20)16-25-23(24-2)26-17-21(22-12-9-15-29-22)28-13-7-8-14-28;/h4-6,9-12,15,19,21H,7-8,13-14,16-18H2,1-3H3,(H2,24,25,26);1H. The van der Waals surface area contributed by atoms with Gasteiger partial charge in [0.2, 0.25) is 0 Å². The first-order valence-electron chi connectivity index (χ1n) is 10.6. The molecule has 1 saturated heterocycles. The monoisotopic (exact) mass is 525 g/mol. The van der Waals surface area contributed by atoms with Crippen molar-refractivity contribution in [3.8, 4) is 0 Å². The zero-order chi connectivity index (χ0) is 20.5. The number of benzene rings is 1. The van der Waals surface area contributed by atoms with Crippen LogP contribution in [0.5, 0.6) is 0 Å². The van der Waals surface area contributed by atoms with Crippen molar-refractivity contribution >= 4 is 29.9 Å². The predicted octanol–water partition coefficient (Wildman–Crippen LogP) is 3.72. The van der Waals surface area contributed by atoms with Gasteiger partial charge in [0.05, 0.1) is 12.3 Å². The number of halogens is 1. The van der Waals surface area contributed by atoms with Crippen LogP contribution in [0.2, 0.25) is 0 Å². The molecule has 0 aliphatic carbocycles. The Bertz CT molecular complexity index is 731. The van der Waals surface area contributed by atoms with Gasteiger partial charge in [-0.05, 0) is 57.6 Å². The highest BCUT2D eigenvalue weighted by Gasteiger charge is 2.25. The number of nitrogens with zero attached hydrogens (tertiary/aromatic N) is 3. The molecule has 1 fully saturated rings. The smallest absolute Gasteiger partial charge is 0.191 e. The summed E-state index contributed by atoms with van der Waals surface area (Å²) in [4.78, 5) is 9.26. The maximum atomic E-state index is 5.71. The molecule has 0 spiro atoms. The molecule has 1 aromatic carbocycles. The largest absolute Gasteiger partial charge is 0.468 e. The van der Waals surface area contributed by atoms with Gasteiger partial charge < -0.3 is 15.1 Å². The third-order valence-corrected chi connectivity index (χ3v) is 5.73. The van der Waals surface area contributed by atoms with Crippen LogP contribution in [0, 0.1) is 0 Å². The zero-order valence-corrected chi connectivity index (χ0v) is 20.7. The van der Waals surface area contributed by atoms with Crippen molar-refractivity contribution in [3.63, 3.8) is 0 Å². The van der Waals surface area contributed by atoms with Crippen LogP contribution in [-0.4, -0.2) is 62.1 Å². The van der Waals surface area contributed by atoms with Crippen LogP contribution >= 0.6 is 24.0 Å². The van der Waals surface area contributed by atoms with E-state index < -0.39 is 0 Å². The molecule has 30 heavy (non-hydrogen) atoms. The van der Waals surface area contributed by atoms with Crippen molar-refractivity contribution in [2.24, 2.45) is 4.99 Å². The fourth-order valence-corrected chi connectivity index (χ4v) is 3.79. The zero-order valence-electron chi connectivity index (χ0n) is 18.4. The van der Waals surface area contributed by atoms with E-state index in [1.807, 2.05) is 13.1 Å². The summed E-state index contributed by atoms with van der Waals surface area (Å²) in [6, 6.07) is 15.2. The Labute approximate surface area is 198 Å². The van der Waals surface area contributed by atoms with E-state index in [0.29, 0.717) is 6.04 Å². The number of likely N-dealkylation sites (tertiary alicyclic amines) is 1. The molecule has 1 aliphatic rings. The van der Waals surface area contributed by atoms with E-state index in [-0.39, 0.29) is 30.0 Å². The molecule has 166 valence electrons. The van der Waals surface area contributed by atoms with Gasteiger partial charge in [-0.2, -0.15) is 0 Å². The van der Waals surface area contributed by atoms with Crippen molar-refractivity contribution in [3.05, 3.63) is 60.1 Å². The molecule has 2 atom stereocenters. The lowest BCUT2D eigenvalue weighted by Gasteiger charge is -2.28. The number of aliphatic imine (C=N–C) groups is 1. The summed E-state index contributed by atoms with van der Waals surface area (Å²) in [5.74, 6) is 1.85. The van der Waals surface area contributed by atoms with Gasteiger partial charge in [-0.25, -0.2) is 0 Å². The van der Waals surface area contributed by atoms with Gasteiger partial charge in [-0.3, -0.25) is 14.8 Å². The molecule has 7 heteroatoms. The highest BCUT2D eigenvalue weighted by atomic mass is 127. The molecular weight excluding hydrogens is 489 g/mol. The lowest BCUT2D eigenvalue weighted by atomic mass is 10.2. The highest BCUT2D eigenvalue weighted by Crippen LogP contribution is 2.24. The molecule has 0 amide bonds. The number of nitrogens with one attached hydrogen (secondary N) is 2. The Balaban J connectivity index is 0.00000320. The van der Waals surface area contributed by atoms with Crippen molar-refractivity contribution in [2.75, 3.05) is 40.3 Å². The fourth-order valence-electron chi connectivity index (χ4n) is 3.79. The fraction of sp³-hybridized carbons (Fsp3) is 0.522. The summed E-state index contributed by atoms with van der Waals surface area (Å²) in [6.07, 6.45) is 4.28. The molecule has 2 heterocycles. The van der Waals surface area contributed by atoms with Gasteiger partial charge in [-0.1, -0.05) is 30.3 Å². The third kappa shape index (κ3) is 7.28. The van der Waals surface area contributed by atoms with Crippen LogP contribution in [0.1, 0.15) is 37.1 Å². The average molecular weight is 525 g/mol. The molecule has 2 aromatic rings.